The van der Waals surface area contributed by atoms with Gasteiger partial charge in [-0.15, -0.1) is 0 Å². The Hall–Kier alpha value is -2.40. The van der Waals surface area contributed by atoms with Crippen LogP contribution in [-0.2, 0) is 35.2 Å². The van der Waals surface area contributed by atoms with Gasteiger partial charge in [0.25, 0.3) is 0 Å². The van der Waals surface area contributed by atoms with Crippen LogP contribution in [0.1, 0.15) is 56.4 Å². The van der Waals surface area contributed by atoms with Crippen LogP contribution in [0.2, 0.25) is 0 Å². The summed E-state index contributed by atoms with van der Waals surface area (Å²) in [6, 6.07) is 28.9. The highest BCUT2D eigenvalue weighted by atomic mass is 16.7. The Bertz CT molecular complexity index is 1060. The van der Waals surface area contributed by atoms with Crippen molar-refractivity contribution >= 4 is 12.6 Å². The fourth-order valence-corrected chi connectivity index (χ4v) is 5.25. The van der Waals surface area contributed by atoms with E-state index in [1.807, 2.05) is 0 Å². The van der Waals surface area contributed by atoms with Gasteiger partial charge in [0.15, 0.2) is 0 Å². The number of nitrogens with zero attached hydrogens (tertiary/aromatic N) is 1. The van der Waals surface area contributed by atoms with Crippen molar-refractivity contribution in [3.63, 3.8) is 0 Å². The van der Waals surface area contributed by atoms with Crippen molar-refractivity contribution < 1.29 is 9.31 Å². The topological polar surface area (TPSA) is 21.7 Å². The van der Waals surface area contributed by atoms with Crippen LogP contribution in [0.25, 0.3) is 0 Å². The van der Waals surface area contributed by atoms with E-state index in [-0.39, 0.29) is 18.3 Å². The maximum absolute atomic E-state index is 6.47. The molecule has 0 radical (unpaired) electrons. The predicted octanol–water partition coefficient (Wildman–Crippen LogP) is 5.55. The molecule has 3 nitrogen and oxygen atoms in total. The lowest BCUT2D eigenvalue weighted by molar-refractivity contribution is 0.00578. The summed E-state index contributed by atoms with van der Waals surface area (Å²) in [4.78, 5) is 2.66. The fraction of sp³-hybridized carbons (Fsp3) is 0.400. The average Bonchev–Trinajstić information content (AvgIpc) is 3.06. The monoisotopic (exact) mass is 453 g/mol. The zero-order valence-corrected chi connectivity index (χ0v) is 21.0. The van der Waals surface area contributed by atoms with E-state index in [1.165, 1.54) is 34.1 Å². The van der Waals surface area contributed by atoms with E-state index < -0.39 is 0 Å². The Morgan fingerprint density at radius 1 is 0.765 bits per heavy atom. The first kappa shape index (κ1) is 23.4. The third-order valence-corrected chi connectivity index (χ3v) is 7.98. The lowest BCUT2D eigenvalue weighted by atomic mass is 9.71. The number of rotatable bonds is 6. The third-order valence-electron chi connectivity index (χ3n) is 7.98. The van der Waals surface area contributed by atoms with Crippen molar-refractivity contribution in [3.8, 4) is 0 Å². The largest absolute Gasteiger partial charge is 0.495 e. The number of benzene rings is 3. The first-order valence-corrected chi connectivity index (χ1v) is 12.6. The molecule has 3 aromatic rings. The van der Waals surface area contributed by atoms with Crippen LogP contribution in [0.4, 0.5) is 0 Å². The molecule has 1 fully saturated rings. The molecule has 1 heterocycles. The minimum absolute atomic E-state index is 0.310. The van der Waals surface area contributed by atoms with Gasteiger partial charge in [-0.3, -0.25) is 4.90 Å². The molecule has 0 aromatic heterocycles. The molecule has 2 aliphatic rings. The second-order valence-corrected chi connectivity index (χ2v) is 10.8. The first-order valence-electron chi connectivity index (χ1n) is 12.6. The smallest absolute Gasteiger partial charge is 0.399 e. The molecule has 0 amide bonds. The lowest BCUT2D eigenvalue weighted by Gasteiger charge is -2.36. The van der Waals surface area contributed by atoms with Crippen molar-refractivity contribution in [3.05, 3.63) is 101 Å². The predicted molar refractivity (Wildman–Crippen MR) is 140 cm³/mol. The summed E-state index contributed by atoms with van der Waals surface area (Å²) in [6.45, 7) is 10.4. The van der Waals surface area contributed by atoms with Crippen LogP contribution in [0.3, 0.4) is 0 Å². The SMILES string of the molecule is CC1(C)OB(c2cccc3c2C[C@H](N(Cc2ccccc2)Cc2ccccc2)CC3)OC1(C)C. The molecule has 34 heavy (non-hydrogen) atoms. The van der Waals surface area contributed by atoms with E-state index in [0.29, 0.717) is 6.04 Å². The highest BCUT2D eigenvalue weighted by Gasteiger charge is 2.52. The summed E-state index contributed by atoms with van der Waals surface area (Å²) < 4.78 is 12.9. The highest BCUT2D eigenvalue weighted by Crippen LogP contribution is 2.37. The third kappa shape index (κ3) is 4.72. The number of aryl methyl sites for hydroxylation is 1. The van der Waals surface area contributed by atoms with Crippen LogP contribution >= 0.6 is 0 Å². The van der Waals surface area contributed by atoms with Gasteiger partial charge in [-0.2, -0.15) is 0 Å². The second-order valence-electron chi connectivity index (χ2n) is 10.8. The summed E-state index contributed by atoms with van der Waals surface area (Å²) >= 11 is 0. The van der Waals surface area contributed by atoms with E-state index in [1.54, 1.807) is 0 Å². The maximum Gasteiger partial charge on any atom is 0.495 e. The van der Waals surface area contributed by atoms with Crippen LogP contribution in [-0.4, -0.2) is 29.3 Å². The normalized spacial score (nSPS) is 21.0. The molecular weight excluding hydrogens is 417 g/mol. The molecule has 0 unspecified atom stereocenters. The number of hydrogen-bond acceptors (Lipinski definition) is 3. The number of fused-ring (bicyclic) bond motifs is 1. The van der Waals surface area contributed by atoms with Gasteiger partial charge in [0.05, 0.1) is 11.2 Å². The molecule has 3 aromatic carbocycles. The quantitative estimate of drug-likeness (QED) is 0.457. The molecule has 4 heteroatoms. The molecule has 1 saturated heterocycles. The van der Waals surface area contributed by atoms with Gasteiger partial charge in [-0.25, -0.2) is 0 Å². The van der Waals surface area contributed by atoms with E-state index in [4.69, 9.17) is 9.31 Å². The van der Waals surface area contributed by atoms with Crippen LogP contribution in [0.5, 0.6) is 0 Å². The van der Waals surface area contributed by atoms with Crippen molar-refractivity contribution in [1.82, 2.24) is 4.90 Å². The molecule has 0 N–H and O–H groups in total. The van der Waals surface area contributed by atoms with Gasteiger partial charge in [0.2, 0.25) is 0 Å². The Balaban J connectivity index is 1.43. The summed E-state index contributed by atoms with van der Waals surface area (Å²) in [6.07, 6.45) is 3.28. The minimum atomic E-state index is -0.332. The van der Waals surface area contributed by atoms with Crippen LogP contribution in [0, 0.1) is 0 Å². The Labute approximate surface area is 205 Å². The first-order chi connectivity index (χ1) is 16.3. The lowest BCUT2D eigenvalue weighted by Crippen LogP contribution is -2.43. The average molecular weight is 453 g/mol. The van der Waals surface area contributed by atoms with Crippen molar-refractivity contribution in [2.24, 2.45) is 0 Å². The fourth-order valence-electron chi connectivity index (χ4n) is 5.25. The minimum Gasteiger partial charge on any atom is -0.399 e. The van der Waals surface area contributed by atoms with E-state index in [0.717, 1.165) is 25.9 Å². The van der Waals surface area contributed by atoms with Gasteiger partial charge < -0.3 is 9.31 Å². The summed E-state index contributed by atoms with van der Waals surface area (Å²) in [5.41, 5.74) is 6.14. The highest BCUT2D eigenvalue weighted by molar-refractivity contribution is 6.62. The van der Waals surface area contributed by atoms with Gasteiger partial charge in [-0.1, -0.05) is 78.9 Å². The Morgan fingerprint density at radius 2 is 1.32 bits per heavy atom. The molecule has 1 aliphatic carbocycles. The van der Waals surface area contributed by atoms with E-state index in [9.17, 15) is 0 Å². The van der Waals surface area contributed by atoms with Gasteiger partial charge in [0.1, 0.15) is 0 Å². The molecule has 5 rings (SSSR count). The molecule has 1 atom stereocenters. The standard InChI is InChI=1S/C30H36BNO2/c1-29(2)30(3,4)34-31(33-29)28-17-11-16-25-18-19-26(20-27(25)28)32(21-23-12-7-5-8-13-23)22-24-14-9-6-10-15-24/h5-17,26H,18-22H2,1-4H3/t26-/m1/s1. The Morgan fingerprint density at radius 3 is 1.88 bits per heavy atom. The van der Waals surface area contributed by atoms with Gasteiger partial charge in [-0.05, 0) is 74.7 Å². The van der Waals surface area contributed by atoms with Gasteiger partial charge >= 0.3 is 7.12 Å². The van der Waals surface area contributed by atoms with Crippen molar-refractivity contribution in [1.29, 1.82) is 0 Å². The van der Waals surface area contributed by atoms with Crippen LogP contribution < -0.4 is 5.46 Å². The summed E-state index contributed by atoms with van der Waals surface area (Å²) in [7, 11) is -0.310. The molecule has 0 saturated carbocycles. The Kier molecular flexibility index (Phi) is 6.41. The molecular formula is C30H36BNO2. The van der Waals surface area contributed by atoms with Crippen molar-refractivity contribution in [2.75, 3.05) is 0 Å². The van der Waals surface area contributed by atoms with Crippen LogP contribution in [0.15, 0.2) is 78.9 Å². The van der Waals surface area contributed by atoms with Crippen molar-refractivity contribution in [2.45, 2.75) is 77.3 Å². The van der Waals surface area contributed by atoms with E-state index in [2.05, 4.69) is 111 Å². The molecule has 0 bridgehead atoms. The molecule has 1 aliphatic heterocycles. The maximum atomic E-state index is 6.47. The molecule has 176 valence electrons. The summed E-state index contributed by atoms with van der Waals surface area (Å²) in [5.74, 6) is 0. The second kappa shape index (κ2) is 9.33. The number of hydrogen-bond donors (Lipinski definition) is 0. The summed E-state index contributed by atoms with van der Waals surface area (Å²) in [5, 5.41) is 0. The zero-order chi connectivity index (χ0) is 23.8. The van der Waals surface area contributed by atoms with E-state index >= 15 is 0 Å². The van der Waals surface area contributed by atoms with Gasteiger partial charge in [0, 0.05) is 19.1 Å². The molecule has 0 spiro atoms. The zero-order valence-electron chi connectivity index (χ0n) is 21.0.